The number of hydroxylamine groups is 2. The van der Waals surface area contributed by atoms with Crippen LogP contribution in [-0.2, 0) is 158 Å². The smallest absolute Gasteiger partial charge is 0.481 e. The van der Waals surface area contributed by atoms with Crippen LogP contribution in [-0.4, -0.2) is 290 Å². The van der Waals surface area contributed by atoms with Crippen LogP contribution in [0.3, 0.4) is 0 Å². The van der Waals surface area contributed by atoms with Crippen LogP contribution < -0.4 is 43.4 Å². The Bertz CT molecular complexity index is 4850. The molecule has 0 radical (unpaired) electrons. The number of carboxylic acid groups (broad SMARTS) is 5. The second-order valence-electron chi connectivity index (χ2n) is 31.9. The maximum absolute atomic E-state index is 13.0. The summed E-state index contributed by atoms with van der Waals surface area (Å²) < 4.78 is 43.6. The van der Waals surface area contributed by atoms with E-state index in [1.807, 2.05) is 36.4 Å². The molecule has 0 spiro atoms. The second-order valence-corrected chi connectivity index (χ2v) is 33.2. The molecule has 3 aromatic carbocycles. The molecule has 145 heavy (non-hydrogen) atoms. The molecule has 2 fully saturated rings. The number of rotatable bonds is 63. The van der Waals surface area contributed by atoms with E-state index in [0.717, 1.165) is 49.6 Å². The molecule has 51 nitrogen and oxygen atoms in total. The number of unbranched alkanes of at least 4 members (excludes halogenated alkanes) is 9. The fraction of sp³-hybridized carbons (Fsp3) is 0.505. The lowest BCUT2D eigenvalue weighted by Gasteiger charge is -2.20. The molecule has 7 rings (SSSR count). The van der Waals surface area contributed by atoms with Gasteiger partial charge in [-0.2, -0.15) is 0 Å². The molecular formula is C93H122N12O39S. The zero-order valence-electron chi connectivity index (χ0n) is 79.4. The Labute approximate surface area is 835 Å². The van der Waals surface area contributed by atoms with E-state index in [9.17, 15) is 125 Å². The van der Waals surface area contributed by atoms with Crippen molar-refractivity contribution in [2.75, 3.05) is 71.9 Å². The Morgan fingerprint density at radius 2 is 0.807 bits per heavy atom. The fourth-order valence-corrected chi connectivity index (χ4v) is 14.0. The van der Waals surface area contributed by atoms with Crippen LogP contribution in [0.4, 0.5) is 24.0 Å². The van der Waals surface area contributed by atoms with Crippen molar-refractivity contribution in [2.45, 2.75) is 223 Å². The number of amides is 14. The first kappa shape index (κ1) is 122. The molecule has 0 bridgehead atoms. The largest absolute Gasteiger partial charge is 0.536 e. The number of carbonyl (C=O) groups excluding carboxylic acids is 19. The summed E-state index contributed by atoms with van der Waals surface area (Å²) in [6, 6.07) is 22.2. The van der Waals surface area contributed by atoms with Gasteiger partial charge in [0, 0.05) is 108 Å². The summed E-state index contributed by atoms with van der Waals surface area (Å²) in [6.07, 6.45) is 7.38. The lowest BCUT2D eigenvalue weighted by Crippen LogP contribution is -2.50. The Morgan fingerprint density at radius 1 is 0.393 bits per heavy atom. The van der Waals surface area contributed by atoms with Crippen molar-refractivity contribution < 1.29 is 188 Å². The number of likely N-dealkylation sites (tertiary alicyclic amines) is 1. The van der Waals surface area contributed by atoms with E-state index < -0.39 is 182 Å². The van der Waals surface area contributed by atoms with Crippen LogP contribution in [0, 0.1) is 5.92 Å². The first-order valence-electron chi connectivity index (χ1n) is 46.2. The third kappa shape index (κ3) is 53.2. The number of alkyl carbamates (subject to hydrolysis) is 4. The standard InChI is InChI=1S/C36H50N6O16S.C26H33N3O10.C16H18N2O9.C15H21NO4/c37-23(33(50)51)13-14-27(43)40-25(31(48)39-18-29(45)46)20-59-26-17-28(44)42(32(26)49)16-8-2-5-12-30(47)57-21-58-35(54)38-15-7-6-11-24(34(52)53)41-36(55)56-19-22-9-3-1-4-10-22;30-21-13-14-22(31)29(21)16-8-2-5-12-23(32)38-18-39-25(35)27-15-7-6-11-20(24(33)34)28-26(36)37-17-19-9-3-1-4-10-19;19-11-5-6-12(20)17(11)9-3-1-2-4-15(23)25-10-26-16(24)27-18-13(21)7-8-14(18)22;16-9-5-4-8-13(15(18)19)10-14(17)20-11-12-6-2-1-3-7-12/h1,3-4,9-10,23-26H,2,5-8,11-21,37H2,(H,38,54)(H,39,48)(H,40,43)(H,41,55)(H,45,46)(H,50,51)(H,52,53);1,3-4,9-10,13-14,20H,2,5-8,11-12,15-18H2,(H,27,35)(H,28,36)(H,33,34);5-6H,1-4,7-10H2;1-3,6-7,13H,4-5,8-11,16H2,(H,18,19)/t23-,24-,25-,26?;20-;;13-/m00.1/s1. The molecule has 0 aromatic heterocycles. The highest BCUT2D eigenvalue weighted by Crippen LogP contribution is 2.27. The molecule has 1 unspecified atom stereocenters. The van der Waals surface area contributed by atoms with Crippen LogP contribution in [0.25, 0.3) is 0 Å². The number of esters is 4. The average Bonchev–Trinajstić information content (AvgIpc) is 1.68. The van der Waals surface area contributed by atoms with Crippen molar-refractivity contribution in [3.63, 3.8) is 0 Å². The van der Waals surface area contributed by atoms with E-state index in [4.69, 9.17) is 59.9 Å². The number of thioether (sulfide) groups is 1. The predicted molar refractivity (Wildman–Crippen MR) is 498 cm³/mol. The van der Waals surface area contributed by atoms with Crippen molar-refractivity contribution in [2.24, 2.45) is 17.4 Å². The Hall–Kier alpha value is -15.5. The molecule has 3 aromatic rings. The highest BCUT2D eigenvalue weighted by Gasteiger charge is 2.40. The van der Waals surface area contributed by atoms with Crippen LogP contribution in [0.5, 0.6) is 0 Å². The minimum absolute atomic E-state index is 0.0175. The van der Waals surface area contributed by atoms with E-state index in [1.54, 1.807) is 54.6 Å². The number of carboxylic acids is 5. The molecule has 15 N–H and O–H groups in total. The predicted octanol–water partition coefficient (Wildman–Crippen LogP) is 4.45. The average molecular weight is 2060 g/mol. The van der Waals surface area contributed by atoms with Gasteiger partial charge in [0.15, 0.2) is 0 Å². The third-order valence-corrected chi connectivity index (χ3v) is 22.0. The summed E-state index contributed by atoms with van der Waals surface area (Å²) in [7, 11) is 0. The number of carbonyl (C=O) groups is 24. The lowest BCUT2D eigenvalue weighted by atomic mass is 9.98. The number of aliphatic carboxylic acids is 5. The molecule has 794 valence electrons. The van der Waals surface area contributed by atoms with Crippen molar-refractivity contribution in [3.8, 4) is 0 Å². The summed E-state index contributed by atoms with van der Waals surface area (Å²) >= 11 is 0.918. The number of nitrogens with zero attached hydrogens (tertiary/aromatic N) is 4. The highest BCUT2D eigenvalue weighted by atomic mass is 32.2. The van der Waals surface area contributed by atoms with Gasteiger partial charge in [0.2, 0.25) is 44.0 Å². The Morgan fingerprint density at radius 3 is 1.21 bits per heavy atom. The maximum atomic E-state index is 13.0. The number of imide groups is 4. The molecule has 0 aliphatic carbocycles. The zero-order valence-corrected chi connectivity index (χ0v) is 80.2. The van der Waals surface area contributed by atoms with E-state index >= 15 is 0 Å². The molecule has 4 aliphatic rings. The summed E-state index contributed by atoms with van der Waals surface area (Å²) in [6.45, 7) is -1.01. The van der Waals surface area contributed by atoms with Gasteiger partial charge in [-0.1, -0.05) is 122 Å². The second kappa shape index (κ2) is 70.2. The van der Waals surface area contributed by atoms with Gasteiger partial charge in [-0.3, -0.25) is 101 Å². The summed E-state index contributed by atoms with van der Waals surface area (Å²) in [4.78, 5) is 288. The number of hydrogen-bond acceptors (Lipinski definition) is 37. The molecule has 0 saturated carbocycles. The summed E-state index contributed by atoms with van der Waals surface area (Å²) in [5.74, 6) is -14.5. The van der Waals surface area contributed by atoms with E-state index in [2.05, 4.69) is 46.2 Å². The van der Waals surface area contributed by atoms with Gasteiger partial charge >= 0.3 is 84.3 Å². The normalized spacial score (nSPS) is 14.3. The van der Waals surface area contributed by atoms with Crippen molar-refractivity contribution in [3.05, 3.63) is 132 Å². The highest BCUT2D eigenvalue weighted by molar-refractivity contribution is 8.00. The minimum Gasteiger partial charge on any atom is -0.481 e. The lowest BCUT2D eigenvalue weighted by molar-refractivity contribution is -0.182. The van der Waals surface area contributed by atoms with Gasteiger partial charge in [0.1, 0.15) is 50.5 Å². The van der Waals surface area contributed by atoms with E-state index in [0.29, 0.717) is 108 Å². The summed E-state index contributed by atoms with van der Waals surface area (Å²) in [5, 5.41) is 59.0. The molecule has 14 amide bonds. The van der Waals surface area contributed by atoms with Gasteiger partial charge in [0.05, 0.1) is 17.6 Å². The SMILES string of the molecule is NCCCC[C@H](CC(=O)OCc1ccccc1)C(=O)O.N[C@@H](CCC(=O)N[C@@H](CSC1CC(=O)N(CCCCCC(=O)OCOC(=O)NCCCC[C@H](NC(=O)OCc2ccccc2)C(=O)O)C1=O)C(=O)NCC(=O)O)C(=O)O.O=C(CCCCCN1C(=O)C=CC1=O)OCOC(=O)NCCCC[C@H](NC(=O)OCc1ccccc1)C(=O)O.O=C(CCCCCN1C(=O)C=CC1=O)OCOC(=O)ON1C(=O)CCC1=O. The van der Waals surface area contributed by atoms with Crippen molar-refractivity contribution in [1.29, 1.82) is 0 Å². The third-order valence-electron chi connectivity index (χ3n) is 20.7. The topological polar surface area (TPSA) is 740 Å². The van der Waals surface area contributed by atoms with Crippen LogP contribution in [0.15, 0.2) is 115 Å². The Kier molecular flexibility index (Phi) is 59.0. The van der Waals surface area contributed by atoms with E-state index in [1.165, 1.54) is 24.3 Å². The summed E-state index contributed by atoms with van der Waals surface area (Å²) in [5.41, 5.74) is 13.2. The minimum atomic E-state index is -1.34. The number of hydrogen-bond donors (Lipinski definition) is 13. The van der Waals surface area contributed by atoms with Crippen LogP contribution in [0.1, 0.15) is 190 Å². The van der Waals surface area contributed by atoms with Crippen molar-refractivity contribution in [1.82, 2.24) is 51.7 Å². The van der Waals surface area contributed by atoms with Gasteiger partial charge < -0.3 is 112 Å². The van der Waals surface area contributed by atoms with Crippen LogP contribution >= 0.6 is 11.8 Å². The molecule has 4 aliphatic heterocycles. The number of ether oxygens (including phenoxy) is 9. The number of nitrogens with two attached hydrogens (primary N) is 2. The van der Waals surface area contributed by atoms with Gasteiger partial charge in [0.25, 0.3) is 35.4 Å². The molecule has 52 heteroatoms. The van der Waals surface area contributed by atoms with Gasteiger partial charge in [-0.05, 0) is 120 Å². The molecular weight excluding hydrogens is 1940 g/mol. The molecule has 2 saturated heterocycles. The molecule has 6 atom stereocenters. The van der Waals surface area contributed by atoms with Crippen LogP contribution in [0.2, 0.25) is 0 Å². The van der Waals surface area contributed by atoms with Gasteiger partial charge in [-0.15, -0.1) is 11.8 Å². The number of benzene rings is 3. The quantitative estimate of drug-likeness (QED) is 0.0122. The first-order chi connectivity index (χ1) is 69.3. The maximum Gasteiger partial charge on any atom is 0.536 e. The Balaban J connectivity index is 0.000000436. The zero-order chi connectivity index (χ0) is 107. The van der Waals surface area contributed by atoms with Gasteiger partial charge in [-0.25, -0.2) is 33.6 Å². The first-order valence-corrected chi connectivity index (χ1v) is 47.2. The number of nitrogens with one attached hydrogen (secondary N) is 6. The molecule has 4 heterocycles. The monoisotopic (exact) mass is 2060 g/mol. The van der Waals surface area contributed by atoms with E-state index in [-0.39, 0.29) is 153 Å². The fourth-order valence-electron chi connectivity index (χ4n) is 12.8. The van der Waals surface area contributed by atoms with Crippen molar-refractivity contribution >= 4 is 155 Å².